The van der Waals surface area contributed by atoms with Crippen LogP contribution < -0.4 is 15.5 Å². The number of carbonyl (C=O) groups is 1. The van der Waals surface area contributed by atoms with Gasteiger partial charge in [0.15, 0.2) is 0 Å². The highest BCUT2D eigenvalue weighted by atomic mass is 19.4. The Labute approximate surface area is 223 Å². The van der Waals surface area contributed by atoms with Crippen molar-refractivity contribution in [3.8, 4) is 11.3 Å². The first kappa shape index (κ1) is 27.8. The minimum atomic E-state index is -4.71. The van der Waals surface area contributed by atoms with Crippen LogP contribution in [0.3, 0.4) is 0 Å². The van der Waals surface area contributed by atoms with Gasteiger partial charge in [0.1, 0.15) is 11.4 Å². The zero-order valence-electron chi connectivity index (χ0n) is 22.2. The summed E-state index contributed by atoms with van der Waals surface area (Å²) >= 11 is 0. The number of likely N-dealkylation sites (N-methyl/N-ethyl adjacent to an activating group) is 2. The Morgan fingerprint density at radius 1 is 1.08 bits per heavy atom. The molecule has 4 aromatic rings. The van der Waals surface area contributed by atoms with E-state index in [1.54, 1.807) is 54.0 Å². The van der Waals surface area contributed by atoms with Crippen molar-refractivity contribution in [2.75, 3.05) is 49.8 Å². The molecule has 0 bridgehead atoms. The number of hydrogen-bond donors (Lipinski definition) is 2. The second-order valence-corrected chi connectivity index (χ2v) is 9.50. The van der Waals surface area contributed by atoms with Crippen LogP contribution in [0.25, 0.3) is 22.2 Å². The summed E-state index contributed by atoms with van der Waals surface area (Å²) in [6.45, 7) is 2.58. The molecule has 0 atom stereocenters. The van der Waals surface area contributed by atoms with Crippen LogP contribution >= 0.6 is 0 Å². The Hall–Kier alpha value is -4.19. The Bertz CT molecular complexity index is 1510. The van der Waals surface area contributed by atoms with Gasteiger partial charge in [-0.05, 0) is 26.2 Å². The zero-order chi connectivity index (χ0) is 28.5. The van der Waals surface area contributed by atoms with Gasteiger partial charge in [0, 0.05) is 69.0 Å². The molecule has 0 spiro atoms. The number of benzene rings is 2. The summed E-state index contributed by atoms with van der Waals surface area (Å²) in [6.07, 6.45) is -2.46. The number of aryl methyl sites for hydroxylation is 1. The van der Waals surface area contributed by atoms with Crippen LogP contribution in [0.15, 0.2) is 48.8 Å². The topological polar surface area (TPSA) is 78.3 Å². The first-order chi connectivity index (χ1) is 18.3. The Balaban J connectivity index is 1.78. The second-order valence-electron chi connectivity index (χ2n) is 9.50. The smallest absolute Gasteiger partial charge is 0.372 e. The van der Waals surface area contributed by atoms with Gasteiger partial charge >= 0.3 is 6.18 Å². The van der Waals surface area contributed by atoms with Gasteiger partial charge in [0.2, 0.25) is 11.9 Å². The van der Waals surface area contributed by atoms with Crippen molar-refractivity contribution in [2.24, 2.45) is 7.05 Å². The molecular formula is C27H29F4N7O. The number of amides is 1. The maximum Gasteiger partial charge on any atom is 0.419 e. The van der Waals surface area contributed by atoms with E-state index in [4.69, 9.17) is 0 Å². The number of aromatic nitrogens is 3. The lowest BCUT2D eigenvalue weighted by Crippen LogP contribution is -2.29. The van der Waals surface area contributed by atoms with Crippen molar-refractivity contribution in [1.82, 2.24) is 19.4 Å². The van der Waals surface area contributed by atoms with Crippen LogP contribution in [0, 0.1) is 5.82 Å². The number of anilines is 4. The molecule has 206 valence electrons. The molecule has 1 amide bonds. The van der Waals surface area contributed by atoms with E-state index in [2.05, 4.69) is 20.6 Å². The summed E-state index contributed by atoms with van der Waals surface area (Å²) in [6, 6.07) is 9.65. The fraction of sp³-hybridized carbons (Fsp3) is 0.296. The summed E-state index contributed by atoms with van der Waals surface area (Å²) in [4.78, 5) is 23.6. The minimum Gasteiger partial charge on any atom is -0.372 e. The van der Waals surface area contributed by atoms with Crippen molar-refractivity contribution < 1.29 is 22.4 Å². The molecular weight excluding hydrogens is 514 g/mol. The number of rotatable bonds is 8. The summed E-state index contributed by atoms with van der Waals surface area (Å²) in [5.41, 5.74) is 0.318. The first-order valence-electron chi connectivity index (χ1n) is 12.1. The highest BCUT2D eigenvalue weighted by Crippen LogP contribution is 2.40. The maximum atomic E-state index is 15.3. The molecule has 0 aliphatic carbocycles. The number of hydrogen-bond acceptors (Lipinski definition) is 6. The molecule has 0 saturated heterocycles. The molecule has 0 aliphatic heterocycles. The lowest BCUT2D eigenvalue weighted by Gasteiger charge is -2.25. The highest BCUT2D eigenvalue weighted by Gasteiger charge is 2.36. The number of halogens is 4. The molecule has 39 heavy (non-hydrogen) atoms. The highest BCUT2D eigenvalue weighted by molar-refractivity contribution is 5.96. The van der Waals surface area contributed by atoms with E-state index in [1.165, 1.54) is 19.1 Å². The summed E-state index contributed by atoms with van der Waals surface area (Å²) in [5, 5.41) is 5.97. The monoisotopic (exact) mass is 543 g/mol. The zero-order valence-corrected chi connectivity index (χ0v) is 22.2. The summed E-state index contributed by atoms with van der Waals surface area (Å²) < 4.78 is 58.8. The predicted molar refractivity (Wildman–Crippen MR) is 145 cm³/mol. The van der Waals surface area contributed by atoms with Crippen molar-refractivity contribution in [2.45, 2.75) is 13.1 Å². The Kier molecular flexibility index (Phi) is 7.77. The van der Waals surface area contributed by atoms with Crippen LogP contribution in [0.1, 0.15) is 12.5 Å². The normalized spacial score (nSPS) is 11.7. The average molecular weight is 544 g/mol. The van der Waals surface area contributed by atoms with E-state index < -0.39 is 17.6 Å². The number of nitrogens with zero attached hydrogens (tertiary/aromatic N) is 5. The molecule has 0 radical (unpaired) electrons. The van der Waals surface area contributed by atoms with Crippen molar-refractivity contribution in [3.63, 3.8) is 0 Å². The fourth-order valence-corrected chi connectivity index (χ4v) is 4.24. The largest absolute Gasteiger partial charge is 0.419 e. The van der Waals surface area contributed by atoms with Crippen LogP contribution in [-0.4, -0.2) is 59.6 Å². The van der Waals surface area contributed by atoms with Crippen LogP contribution in [0.5, 0.6) is 0 Å². The Morgan fingerprint density at radius 3 is 2.46 bits per heavy atom. The van der Waals surface area contributed by atoms with E-state index in [0.29, 0.717) is 36.0 Å². The predicted octanol–water partition coefficient (Wildman–Crippen LogP) is 5.49. The lowest BCUT2D eigenvalue weighted by atomic mass is 10.1. The van der Waals surface area contributed by atoms with Gasteiger partial charge in [0.25, 0.3) is 0 Å². The summed E-state index contributed by atoms with van der Waals surface area (Å²) in [5.74, 6) is -1.28. The molecule has 2 N–H and O–H groups in total. The molecule has 2 heterocycles. The lowest BCUT2D eigenvalue weighted by molar-refractivity contribution is -0.137. The SMILES string of the molecule is CC(=O)Nc1cc(Nc2ncc(C(F)(F)F)c(-c3cn(C)c4ccccc34)n2)c(F)cc1N(C)CCN(C)C. The van der Waals surface area contributed by atoms with Crippen molar-refractivity contribution in [1.29, 1.82) is 0 Å². The van der Waals surface area contributed by atoms with E-state index in [1.807, 2.05) is 19.0 Å². The number of nitrogens with one attached hydrogen (secondary N) is 2. The molecule has 8 nitrogen and oxygen atoms in total. The van der Waals surface area contributed by atoms with Gasteiger partial charge in [-0.15, -0.1) is 0 Å². The van der Waals surface area contributed by atoms with Gasteiger partial charge in [0.05, 0.1) is 22.8 Å². The molecule has 0 saturated carbocycles. The van der Waals surface area contributed by atoms with E-state index in [9.17, 15) is 18.0 Å². The number of para-hydroxylation sites is 1. The quantitative estimate of drug-likeness (QED) is 0.286. The number of fused-ring (bicyclic) bond motifs is 1. The van der Waals surface area contributed by atoms with Crippen LogP contribution in [-0.2, 0) is 18.0 Å². The van der Waals surface area contributed by atoms with E-state index >= 15 is 4.39 Å². The van der Waals surface area contributed by atoms with Gasteiger partial charge in [-0.3, -0.25) is 4.79 Å². The third kappa shape index (κ3) is 6.11. The first-order valence-corrected chi connectivity index (χ1v) is 12.1. The second kappa shape index (κ2) is 10.9. The molecule has 0 aliphatic rings. The van der Waals surface area contributed by atoms with Crippen LogP contribution in [0.2, 0.25) is 0 Å². The third-order valence-electron chi connectivity index (χ3n) is 6.18. The maximum absolute atomic E-state index is 15.3. The van der Waals surface area contributed by atoms with Gasteiger partial charge in [-0.25, -0.2) is 14.4 Å². The molecule has 2 aromatic heterocycles. The van der Waals surface area contributed by atoms with E-state index in [0.717, 1.165) is 5.52 Å². The van der Waals surface area contributed by atoms with Gasteiger partial charge in [-0.1, -0.05) is 18.2 Å². The third-order valence-corrected chi connectivity index (χ3v) is 6.18. The standard InChI is InChI=1S/C27H29F4N7O/c1-16(39)33-22-13-21(20(28)12-24(22)37(4)11-10-36(2)3)34-26-32-14-19(27(29,30)31)25(35-26)18-15-38(5)23-9-7-6-8-17(18)23/h6-9,12-15H,10-11H2,1-5H3,(H,33,39)(H,32,34,35). The van der Waals surface area contributed by atoms with Crippen LogP contribution in [0.4, 0.5) is 40.6 Å². The minimum absolute atomic E-state index is 0.105. The molecule has 2 aromatic carbocycles. The molecule has 12 heteroatoms. The van der Waals surface area contributed by atoms with Gasteiger partial charge in [-0.2, -0.15) is 13.2 Å². The molecule has 4 rings (SSSR count). The average Bonchev–Trinajstić information content (AvgIpc) is 3.20. The van der Waals surface area contributed by atoms with E-state index in [-0.39, 0.29) is 28.8 Å². The molecule has 0 unspecified atom stereocenters. The van der Waals surface area contributed by atoms with Crippen molar-refractivity contribution in [3.05, 3.63) is 60.2 Å². The fourth-order valence-electron chi connectivity index (χ4n) is 4.24. The summed E-state index contributed by atoms with van der Waals surface area (Å²) in [7, 11) is 7.32. The Morgan fingerprint density at radius 2 is 1.79 bits per heavy atom. The van der Waals surface area contributed by atoms with Gasteiger partial charge < -0.3 is 25.0 Å². The molecule has 0 fully saturated rings. The van der Waals surface area contributed by atoms with Crippen molar-refractivity contribution >= 4 is 39.8 Å². The number of carbonyl (C=O) groups excluding carboxylic acids is 1. The number of alkyl halides is 3.